The van der Waals surface area contributed by atoms with Gasteiger partial charge in [0.2, 0.25) is 5.91 Å². The van der Waals surface area contributed by atoms with E-state index in [0.29, 0.717) is 25.9 Å². The molecule has 0 aliphatic heterocycles. The second-order valence-corrected chi connectivity index (χ2v) is 4.19. The molecule has 1 rings (SSSR count). The van der Waals surface area contributed by atoms with Gasteiger partial charge >= 0.3 is 5.97 Å². The van der Waals surface area contributed by atoms with Crippen LogP contribution in [0.2, 0.25) is 0 Å². The summed E-state index contributed by atoms with van der Waals surface area (Å²) in [5, 5.41) is 11.5. The van der Waals surface area contributed by atoms with E-state index in [1.54, 1.807) is 0 Å². The number of nitrogens with one attached hydrogen (secondary N) is 1. The lowest BCUT2D eigenvalue weighted by Gasteiger charge is -2.14. The number of carboxylic acid groups (broad SMARTS) is 1. The highest BCUT2D eigenvalue weighted by molar-refractivity contribution is 5.83. The number of ether oxygens (including phenoxy) is 1. The number of rotatable bonds is 7. The molecule has 16 heavy (non-hydrogen) atoms. The first-order chi connectivity index (χ1) is 7.52. The summed E-state index contributed by atoms with van der Waals surface area (Å²) in [6, 6.07) is -0.635. The Balaban J connectivity index is 2.27. The van der Waals surface area contributed by atoms with Gasteiger partial charge in [-0.15, -0.1) is 0 Å². The van der Waals surface area contributed by atoms with E-state index in [9.17, 15) is 9.59 Å². The third kappa shape index (κ3) is 3.18. The van der Waals surface area contributed by atoms with Crippen LogP contribution in [0, 0.1) is 5.41 Å². The molecule has 0 spiro atoms. The van der Waals surface area contributed by atoms with Crippen LogP contribution in [0.15, 0.2) is 0 Å². The monoisotopic (exact) mass is 230 g/mol. The molecule has 6 nitrogen and oxygen atoms in total. The average molecular weight is 230 g/mol. The fraction of sp³-hybridized carbons (Fsp3) is 0.800. The van der Waals surface area contributed by atoms with E-state index in [0.717, 1.165) is 0 Å². The van der Waals surface area contributed by atoms with Crippen LogP contribution in [0.4, 0.5) is 0 Å². The zero-order chi connectivity index (χ0) is 12.2. The summed E-state index contributed by atoms with van der Waals surface area (Å²) >= 11 is 0. The van der Waals surface area contributed by atoms with Crippen molar-refractivity contribution < 1.29 is 19.4 Å². The molecule has 0 radical (unpaired) electrons. The van der Waals surface area contributed by atoms with E-state index in [-0.39, 0.29) is 12.5 Å². The van der Waals surface area contributed by atoms with E-state index in [1.165, 1.54) is 7.11 Å². The van der Waals surface area contributed by atoms with Crippen LogP contribution < -0.4 is 11.1 Å². The second-order valence-electron chi connectivity index (χ2n) is 4.19. The minimum atomic E-state index is -0.849. The summed E-state index contributed by atoms with van der Waals surface area (Å²) in [6.07, 6.45) is 1.67. The van der Waals surface area contributed by atoms with Gasteiger partial charge in [0.1, 0.15) is 0 Å². The first kappa shape index (κ1) is 12.9. The van der Waals surface area contributed by atoms with E-state index in [2.05, 4.69) is 5.32 Å². The lowest BCUT2D eigenvalue weighted by Crippen LogP contribution is -2.44. The van der Waals surface area contributed by atoms with Crippen molar-refractivity contribution in [3.05, 3.63) is 0 Å². The maximum absolute atomic E-state index is 11.5. The number of aliphatic carboxylic acids is 1. The number of carbonyl (C=O) groups excluding carboxylic acids is 1. The van der Waals surface area contributed by atoms with Crippen LogP contribution in [0.25, 0.3) is 0 Å². The highest BCUT2D eigenvalue weighted by Crippen LogP contribution is 2.45. The molecular formula is C10H18N2O4. The Kier molecular flexibility index (Phi) is 4.26. The molecule has 1 aliphatic carbocycles. The highest BCUT2D eigenvalue weighted by atomic mass is 16.5. The summed E-state index contributed by atoms with van der Waals surface area (Å²) in [7, 11) is 1.54. The zero-order valence-corrected chi connectivity index (χ0v) is 9.36. The standard InChI is InChI=1S/C10H18N2O4/c1-16-5-2-7(11)8(13)12-6-10(3-4-10)9(14)15/h7H,2-6,11H2,1H3,(H,12,13)(H,14,15). The van der Waals surface area contributed by atoms with Crippen molar-refractivity contribution in [3.8, 4) is 0 Å². The first-order valence-electron chi connectivity index (χ1n) is 5.27. The van der Waals surface area contributed by atoms with Gasteiger partial charge in [0.15, 0.2) is 0 Å². The predicted molar refractivity (Wildman–Crippen MR) is 56.8 cm³/mol. The van der Waals surface area contributed by atoms with Gasteiger partial charge in [0.25, 0.3) is 0 Å². The molecule has 1 saturated carbocycles. The Labute approximate surface area is 94.1 Å². The Morgan fingerprint density at radius 1 is 1.56 bits per heavy atom. The summed E-state index contributed by atoms with van der Waals surface area (Å²) in [5.74, 6) is -1.16. The van der Waals surface area contributed by atoms with Crippen LogP contribution >= 0.6 is 0 Å². The van der Waals surface area contributed by atoms with Crippen molar-refractivity contribution in [2.45, 2.75) is 25.3 Å². The highest BCUT2D eigenvalue weighted by Gasteiger charge is 2.50. The molecule has 1 aliphatic rings. The summed E-state index contributed by atoms with van der Waals surface area (Å²) < 4.78 is 4.80. The molecule has 1 amide bonds. The van der Waals surface area contributed by atoms with Crippen LogP contribution in [0.3, 0.4) is 0 Å². The molecule has 4 N–H and O–H groups in total. The lowest BCUT2D eigenvalue weighted by atomic mass is 10.1. The van der Waals surface area contributed by atoms with Crippen LogP contribution in [-0.4, -0.2) is 43.3 Å². The summed E-state index contributed by atoms with van der Waals surface area (Å²) in [5.41, 5.74) is 4.85. The van der Waals surface area contributed by atoms with Crippen LogP contribution in [0.5, 0.6) is 0 Å². The van der Waals surface area contributed by atoms with Gasteiger partial charge in [-0.1, -0.05) is 0 Å². The molecular weight excluding hydrogens is 212 g/mol. The number of hydrogen-bond acceptors (Lipinski definition) is 4. The van der Waals surface area contributed by atoms with Crippen molar-refractivity contribution in [2.24, 2.45) is 11.1 Å². The van der Waals surface area contributed by atoms with E-state index < -0.39 is 17.4 Å². The molecule has 6 heteroatoms. The van der Waals surface area contributed by atoms with Crippen molar-refractivity contribution in [1.29, 1.82) is 0 Å². The normalized spacial score (nSPS) is 18.9. The fourth-order valence-electron chi connectivity index (χ4n) is 1.38. The number of carboxylic acids is 1. The molecule has 0 heterocycles. The number of methoxy groups -OCH3 is 1. The smallest absolute Gasteiger partial charge is 0.311 e. The Morgan fingerprint density at radius 2 is 2.19 bits per heavy atom. The molecule has 92 valence electrons. The summed E-state index contributed by atoms with van der Waals surface area (Å²) in [4.78, 5) is 22.3. The van der Waals surface area contributed by atoms with Gasteiger partial charge in [-0.3, -0.25) is 9.59 Å². The molecule has 1 unspecified atom stereocenters. The predicted octanol–water partition coefficient (Wildman–Crippen LogP) is -0.669. The Morgan fingerprint density at radius 3 is 2.62 bits per heavy atom. The van der Waals surface area contributed by atoms with Gasteiger partial charge in [-0.2, -0.15) is 0 Å². The van der Waals surface area contributed by atoms with Gasteiger partial charge in [0, 0.05) is 20.3 Å². The maximum Gasteiger partial charge on any atom is 0.311 e. The minimum absolute atomic E-state index is 0.169. The van der Waals surface area contributed by atoms with Gasteiger partial charge in [-0.25, -0.2) is 0 Å². The largest absolute Gasteiger partial charge is 0.481 e. The number of amides is 1. The number of hydrogen-bond donors (Lipinski definition) is 3. The molecule has 1 atom stereocenters. The van der Waals surface area contributed by atoms with Crippen LogP contribution in [0.1, 0.15) is 19.3 Å². The third-order valence-electron chi connectivity index (χ3n) is 2.88. The Hall–Kier alpha value is -1.14. The van der Waals surface area contributed by atoms with Gasteiger partial charge in [0.05, 0.1) is 11.5 Å². The second kappa shape index (κ2) is 5.27. The van der Waals surface area contributed by atoms with Crippen molar-refractivity contribution >= 4 is 11.9 Å². The average Bonchev–Trinajstić information content (AvgIpc) is 3.03. The summed E-state index contributed by atoms with van der Waals surface area (Å²) in [6.45, 7) is 0.584. The third-order valence-corrected chi connectivity index (χ3v) is 2.88. The number of nitrogens with two attached hydrogens (primary N) is 1. The SMILES string of the molecule is COCCC(N)C(=O)NCC1(C(=O)O)CC1. The molecule has 0 bridgehead atoms. The molecule has 0 aromatic heterocycles. The molecule has 1 fully saturated rings. The minimum Gasteiger partial charge on any atom is -0.481 e. The van der Waals surface area contributed by atoms with E-state index in [4.69, 9.17) is 15.6 Å². The topological polar surface area (TPSA) is 102 Å². The number of carbonyl (C=O) groups is 2. The molecule has 0 aromatic carbocycles. The lowest BCUT2D eigenvalue weighted by molar-refractivity contribution is -0.143. The van der Waals surface area contributed by atoms with Crippen molar-refractivity contribution in [2.75, 3.05) is 20.3 Å². The van der Waals surface area contributed by atoms with E-state index in [1.807, 2.05) is 0 Å². The van der Waals surface area contributed by atoms with E-state index >= 15 is 0 Å². The maximum atomic E-state index is 11.5. The van der Waals surface area contributed by atoms with Crippen molar-refractivity contribution in [3.63, 3.8) is 0 Å². The van der Waals surface area contributed by atoms with Gasteiger partial charge < -0.3 is 20.9 Å². The molecule has 0 saturated heterocycles. The Bertz CT molecular complexity index is 276. The van der Waals surface area contributed by atoms with Crippen molar-refractivity contribution in [1.82, 2.24) is 5.32 Å². The first-order valence-corrected chi connectivity index (χ1v) is 5.27. The zero-order valence-electron chi connectivity index (χ0n) is 9.36. The van der Waals surface area contributed by atoms with Crippen LogP contribution in [-0.2, 0) is 14.3 Å². The fourth-order valence-corrected chi connectivity index (χ4v) is 1.38. The van der Waals surface area contributed by atoms with Gasteiger partial charge in [-0.05, 0) is 19.3 Å². The quantitative estimate of drug-likeness (QED) is 0.538. The molecule has 0 aromatic rings.